The molecule has 2 N–H and O–H groups in total. The first-order valence-corrected chi connectivity index (χ1v) is 9.63. The highest BCUT2D eigenvalue weighted by molar-refractivity contribution is 6.34. The number of carbonyl (C=O) groups is 3. The number of rotatable bonds is 4. The number of benzene rings is 2. The van der Waals surface area contributed by atoms with Crippen LogP contribution in [0.25, 0.3) is 11.1 Å². The van der Waals surface area contributed by atoms with E-state index in [0.29, 0.717) is 12.8 Å². The van der Waals surface area contributed by atoms with Crippen LogP contribution in [0.5, 0.6) is 0 Å². The Hall–Kier alpha value is -3.42. The largest absolute Gasteiger partial charge is 0.465 e. The molecular formula is C22H24FN3O4. The van der Waals surface area contributed by atoms with E-state index in [0.717, 1.165) is 16.7 Å². The molecule has 2 aromatic carbocycles. The molecule has 1 aliphatic heterocycles. The van der Waals surface area contributed by atoms with Crippen LogP contribution in [0.3, 0.4) is 0 Å². The summed E-state index contributed by atoms with van der Waals surface area (Å²) in [6, 6.07) is 12.7. The number of hydrogen-bond donors (Lipinski definition) is 2. The van der Waals surface area contributed by atoms with Crippen molar-refractivity contribution in [1.29, 1.82) is 0 Å². The van der Waals surface area contributed by atoms with Gasteiger partial charge in [0, 0.05) is 20.6 Å². The van der Waals surface area contributed by atoms with E-state index in [4.69, 9.17) is 0 Å². The average Bonchev–Trinajstić information content (AvgIpc) is 3.09. The number of hydrogen-bond acceptors (Lipinski definition) is 3. The van der Waals surface area contributed by atoms with Gasteiger partial charge in [0.15, 0.2) is 0 Å². The summed E-state index contributed by atoms with van der Waals surface area (Å²) in [4.78, 5) is 38.2. The lowest BCUT2D eigenvalue weighted by Crippen LogP contribution is -2.50. The van der Waals surface area contributed by atoms with Crippen molar-refractivity contribution in [2.45, 2.75) is 24.9 Å². The number of nitrogens with zero attached hydrogens (tertiary/aromatic N) is 2. The number of carbonyl (C=O) groups excluding carboxylic acids is 2. The van der Waals surface area contributed by atoms with Crippen molar-refractivity contribution in [1.82, 2.24) is 15.1 Å². The van der Waals surface area contributed by atoms with Crippen LogP contribution in [-0.4, -0.2) is 65.5 Å². The van der Waals surface area contributed by atoms with Gasteiger partial charge in [0.25, 0.3) is 0 Å². The summed E-state index contributed by atoms with van der Waals surface area (Å²) in [5, 5.41) is 12.3. The molecule has 2 aromatic rings. The number of carboxylic acid groups (broad SMARTS) is 1. The lowest BCUT2D eigenvalue weighted by Gasteiger charge is -2.27. The third-order valence-electron chi connectivity index (χ3n) is 5.24. The van der Waals surface area contributed by atoms with Crippen LogP contribution in [-0.2, 0) is 16.0 Å². The number of amides is 3. The summed E-state index contributed by atoms with van der Waals surface area (Å²) in [7, 11) is 2.96. The average molecular weight is 413 g/mol. The van der Waals surface area contributed by atoms with Gasteiger partial charge in [-0.3, -0.25) is 9.59 Å². The maximum atomic E-state index is 13.6. The van der Waals surface area contributed by atoms with Crippen molar-refractivity contribution in [3.05, 3.63) is 59.9 Å². The molecule has 0 aromatic heterocycles. The monoisotopic (exact) mass is 413 g/mol. The van der Waals surface area contributed by atoms with E-state index < -0.39 is 30.0 Å². The number of likely N-dealkylation sites (tertiary alicyclic amines) is 1. The molecule has 1 fully saturated rings. The Balaban J connectivity index is 1.82. The normalized spacial score (nSPS) is 18.2. The standard InChI is InChI=1S/C22H24FN3O4/c1-25(2)21(28)20(27)24-18-9-10-26(22(29)30)19(18)12-14-5-3-6-15(11-14)16-7-4-8-17(23)13-16/h3-8,11,13,18-19H,9-10,12H2,1-2H3,(H,24,27)(H,29,30)/t18-,19-/m0/s1. The molecule has 30 heavy (non-hydrogen) atoms. The van der Waals surface area contributed by atoms with Crippen LogP contribution in [0.1, 0.15) is 12.0 Å². The Morgan fingerprint density at radius 3 is 2.43 bits per heavy atom. The summed E-state index contributed by atoms with van der Waals surface area (Å²) in [6.07, 6.45) is -0.291. The van der Waals surface area contributed by atoms with E-state index in [1.807, 2.05) is 24.3 Å². The number of halogens is 1. The van der Waals surface area contributed by atoms with Crippen LogP contribution in [0.4, 0.5) is 9.18 Å². The highest BCUT2D eigenvalue weighted by atomic mass is 19.1. The van der Waals surface area contributed by atoms with Gasteiger partial charge in [-0.25, -0.2) is 9.18 Å². The van der Waals surface area contributed by atoms with Gasteiger partial charge < -0.3 is 20.2 Å². The Bertz CT molecular complexity index is 963. The van der Waals surface area contributed by atoms with Gasteiger partial charge >= 0.3 is 17.9 Å². The first-order chi connectivity index (χ1) is 14.3. The van der Waals surface area contributed by atoms with Crippen LogP contribution in [0.15, 0.2) is 48.5 Å². The third kappa shape index (κ3) is 4.76. The second kappa shape index (κ2) is 8.94. The molecule has 0 unspecified atom stereocenters. The highest BCUT2D eigenvalue weighted by Gasteiger charge is 2.38. The van der Waals surface area contributed by atoms with E-state index >= 15 is 0 Å². The lowest BCUT2D eigenvalue weighted by molar-refractivity contribution is -0.144. The molecule has 0 saturated carbocycles. The summed E-state index contributed by atoms with van der Waals surface area (Å²) >= 11 is 0. The molecule has 1 saturated heterocycles. The van der Waals surface area contributed by atoms with Gasteiger partial charge in [0.1, 0.15) is 5.82 Å². The molecule has 3 amide bonds. The third-order valence-corrected chi connectivity index (χ3v) is 5.24. The highest BCUT2D eigenvalue weighted by Crippen LogP contribution is 2.26. The van der Waals surface area contributed by atoms with Crippen LogP contribution in [0.2, 0.25) is 0 Å². The summed E-state index contributed by atoms with van der Waals surface area (Å²) in [5.41, 5.74) is 2.39. The minimum absolute atomic E-state index is 0.269. The molecule has 7 nitrogen and oxygen atoms in total. The molecule has 3 rings (SSSR count). The van der Waals surface area contributed by atoms with Gasteiger partial charge in [-0.05, 0) is 41.7 Å². The molecule has 0 aliphatic carbocycles. The van der Waals surface area contributed by atoms with Gasteiger partial charge in [-0.15, -0.1) is 0 Å². The van der Waals surface area contributed by atoms with Crippen LogP contribution >= 0.6 is 0 Å². The summed E-state index contributed by atoms with van der Waals surface area (Å²) in [5.74, 6) is -1.77. The molecule has 1 heterocycles. The molecule has 1 aliphatic rings. The second-order valence-corrected chi connectivity index (χ2v) is 7.53. The van der Waals surface area contributed by atoms with Crippen molar-refractivity contribution in [3.63, 3.8) is 0 Å². The maximum Gasteiger partial charge on any atom is 0.407 e. The second-order valence-electron chi connectivity index (χ2n) is 7.53. The fourth-order valence-electron chi connectivity index (χ4n) is 3.73. The first kappa shape index (κ1) is 21.3. The van der Waals surface area contributed by atoms with Crippen LogP contribution < -0.4 is 5.32 Å². The van der Waals surface area contributed by atoms with Crippen molar-refractivity contribution in [3.8, 4) is 11.1 Å². The Labute approximate surface area is 174 Å². The molecule has 0 radical (unpaired) electrons. The van der Waals surface area contributed by atoms with Crippen molar-refractivity contribution < 1.29 is 23.9 Å². The minimum Gasteiger partial charge on any atom is -0.465 e. The van der Waals surface area contributed by atoms with E-state index in [9.17, 15) is 23.9 Å². The fraction of sp³-hybridized carbons (Fsp3) is 0.318. The quantitative estimate of drug-likeness (QED) is 0.753. The van der Waals surface area contributed by atoms with E-state index in [1.54, 1.807) is 12.1 Å². The van der Waals surface area contributed by atoms with Gasteiger partial charge in [0.05, 0.1) is 12.1 Å². The topological polar surface area (TPSA) is 90.0 Å². The predicted molar refractivity (Wildman–Crippen MR) is 109 cm³/mol. The van der Waals surface area contributed by atoms with Gasteiger partial charge in [-0.1, -0.05) is 36.4 Å². The van der Waals surface area contributed by atoms with Crippen molar-refractivity contribution in [2.24, 2.45) is 0 Å². The zero-order valence-corrected chi connectivity index (χ0v) is 16.8. The zero-order valence-electron chi connectivity index (χ0n) is 16.8. The molecule has 158 valence electrons. The number of nitrogens with one attached hydrogen (secondary N) is 1. The van der Waals surface area contributed by atoms with E-state index in [2.05, 4.69) is 5.32 Å². The van der Waals surface area contributed by atoms with E-state index in [1.165, 1.54) is 36.0 Å². The van der Waals surface area contributed by atoms with Gasteiger partial charge in [-0.2, -0.15) is 0 Å². The Morgan fingerprint density at radius 1 is 1.13 bits per heavy atom. The number of likely N-dealkylation sites (N-methyl/N-ethyl adjacent to an activating group) is 1. The molecular weight excluding hydrogens is 389 g/mol. The summed E-state index contributed by atoms with van der Waals surface area (Å²) in [6.45, 7) is 0.269. The SMILES string of the molecule is CN(C)C(=O)C(=O)N[C@H]1CCN(C(=O)O)[C@H]1Cc1cccc(-c2cccc(F)c2)c1. The van der Waals surface area contributed by atoms with Gasteiger partial charge in [0.2, 0.25) is 0 Å². The fourth-order valence-corrected chi connectivity index (χ4v) is 3.73. The lowest BCUT2D eigenvalue weighted by atomic mass is 9.96. The molecule has 0 bridgehead atoms. The molecule has 2 atom stereocenters. The molecule has 0 spiro atoms. The predicted octanol–water partition coefficient (Wildman–Crippen LogP) is 2.36. The Morgan fingerprint density at radius 2 is 1.80 bits per heavy atom. The smallest absolute Gasteiger partial charge is 0.407 e. The van der Waals surface area contributed by atoms with Crippen molar-refractivity contribution >= 4 is 17.9 Å². The molecule has 8 heteroatoms. The summed E-state index contributed by atoms with van der Waals surface area (Å²) < 4.78 is 13.6. The zero-order chi connectivity index (χ0) is 21.8. The first-order valence-electron chi connectivity index (χ1n) is 9.63. The Kier molecular flexibility index (Phi) is 6.34. The van der Waals surface area contributed by atoms with Crippen molar-refractivity contribution in [2.75, 3.05) is 20.6 Å². The van der Waals surface area contributed by atoms with Crippen LogP contribution in [0, 0.1) is 5.82 Å². The maximum absolute atomic E-state index is 13.6. The minimum atomic E-state index is -1.07. The van der Waals surface area contributed by atoms with E-state index in [-0.39, 0.29) is 12.4 Å².